The second-order valence-electron chi connectivity index (χ2n) is 15.6. The summed E-state index contributed by atoms with van der Waals surface area (Å²) in [6, 6.07) is -1.54. The summed E-state index contributed by atoms with van der Waals surface area (Å²) in [6.07, 6.45) is 43.3. The maximum Gasteiger partial charge on any atom is 0.472 e. The normalized spacial score (nSPS) is 17.6. The molecule has 5 atom stereocenters. The summed E-state index contributed by atoms with van der Waals surface area (Å²) in [7, 11) is -4.74. The molecule has 1 aliphatic heterocycles. The van der Waals surface area contributed by atoms with Gasteiger partial charge in [0.15, 0.2) is 6.10 Å². The first-order chi connectivity index (χ1) is 28.6. The van der Waals surface area contributed by atoms with Crippen molar-refractivity contribution in [1.82, 2.24) is 0 Å². The first kappa shape index (κ1) is 54.4. The van der Waals surface area contributed by atoms with Crippen molar-refractivity contribution in [3.63, 3.8) is 0 Å². The Morgan fingerprint density at radius 3 is 1.75 bits per heavy atom. The fraction of sp³-hybridized carbons (Fsp3) is 0.761. The molecule has 3 unspecified atom stereocenters. The Bertz CT molecular complexity index is 1250. The zero-order valence-electron chi connectivity index (χ0n) is 36.5. The number of carbonyl (C=O) groups is 3. The fourth-order valence-electron chi connectivity index (χ4n) is 6.26. The van der Waals surface area contributed by atoms with Crippen LogP contribution in [0.2, 0.25) is 0 Å². The predicted molar refractivity (Wildman–Crippen MR) is 235 cm³/mol. The smallest absolute Gasteiger partial charge is 0.472 e. The summed E-state index contributed by atoms with van der Waals surface area (Å²) >= 11 is 0. The predicted octanol–water partition coefficient (Wildman–Crippen LogP) is 11.2. The van der Waals surface area contributed by atoms with E-state index in [4.69, 9.17) is 29.6 Å². The van der Waals surface area contributed by atoms with Crippen LogP contribution in [0.4, 0.5) is 0 Å². The molecule has 4 N–H and O–H groups in total. The van der Waals surface area contributed by atoms with Crippen LogP contribution >= 0.6 is 7.82 Å². The third-order valence-electron chi connectivity index (χ3n) is 9.97. The van der Waals surface area contributed by atoms with Gasteiger partial charge in [0.1, 0.15) is 12.6 Å². The minimum atomic E-state index is -4.74. The lowest BCUT2D eigenvalue weighted by Crippen LogP contribution is -2.34. The Hall–Kier alpha value is -2.60. The number of carboxylic acid groups (broad SMARTS) is 1. The van der Waals surface area contributed by atoms with Crippen LogP contribution in [0.25, 0.3) is 0 Å². The highest BCUT2D eigenvalue weighted by molar-refractivity contribution is 7.47. The number of nitrogens with two attached hydrogens (primary N) is 1. The molecule has 0 spiro atoms. The number of phosphoric acid groups is 1. The number of hydrogen-bond donors (Lipinski definition) is 3. The van der Waals surface area contributed by atoms with Crippen LogP contribution in [-0.4, -0.2) is 72.1 Å². The minimum absolute atomic E-state index is 0.0708. The second-order valence-corrected chi connectivity index (χ2v) is 17.0. The van der Waals surface area contributed by atoms with Gasteiger partial charge in [-0.2, -0.15) is 0 Å². The van der Waals surface area contributed by atoms with Crippen molar-refractivity contribution in [2.24, 2.45) is 5.73 Å². The molecule has 59 heavy (non-hydrogen) atoms. The van der Waals surface area contributed by atoms with Crippen LogP contribution in [0.15, 0.2) is 48.6 Å². The lowest BCUT2D eigenvalue weighted by Gasteiger charge is -2.20. The molecule has 12 nitrogen and oxygen atoms in total. The lowest BCUT2D eigenvalue weighted by molar-refractivity contribution is -0.161. The second kappa shape index (κ2) is 37.2. The monoisotopic (exact) mass is 854 g/mol. The molecule has 0 aromatic heterocycles. The van der Waals surface area contributed by atoms with Gasteiger partial charge in [-0.1, -0.05) is 140 Å². The number of phosphoric ester groups is 1. The van der Waals surface area contributed by atoms with E-state index in [0.29, 0.717) is 19.3 Å². The number of hydrogen-bond acceptors (Lipinski definition) is 10. The maximum absolute atomic E-state index is 12.7. The zero-order valence-corrected chi connectivity index (χ0v) is 37.4. The number of ether oxygens (including phenoxy) is 3. The molecule has 1 aliphatic rings. The Labute approximate surface area is 356 Å². The molecule has 340 valence electrons. The van der Waals surface area contributed by atoms with E-state index < -0.39 is 51.1 Å². The molecule has 0 aliphatic carbocycles. The van der Waals surface area contributed by atoms with Crippen LogP contribution in [0.3, 0.4) is 0 Å². The van der Waals surface area contributed by atoms with Gasteiger partial charge >= 0.3 is 25.7 Å². The van der Waals surface area contributed by atoms with Crippen molar-refractivity contribution in [2.45, 2.75) is 205 Å². The van der Waals surface area contributed by atoms with Crippen molar-refractivity contribution in [3.05, 3.63) is 48.6 Å². The molecule has 1 heterocycles. The van der Waals surface area contributed by atoms with Gasteiger partial charge in [0.05, 0.1) is 25.4 Å². The summed E-state index contributed by atoms with van der Waals surface area (Å²) in [5, 5.41) is 8.91. The zero-order chi connectivity index (χ0) is 43.2. The van der Waals surface area contributed by atoms with Crippen LogP contribution < -0.4 is 5.73 Å². The largest absolute Gasteiger partial charge is 0.480 e. The van der Waals surface area contributed by atoms with Crippen molar-refractivity contribution >= 4 is 25.7 Å². The Balaban J connectivity index is 2.33. The molecule has 0 amide bonds. The molecule has 0 aromatic rings. The molecule has 0 bridgehead atoms. The summed E-state index contributed by atoms with van der Waals surface area (Å²) in [5.74, 6) is -2.47. The van der Waals surface area contributed by atoms with Gasteiger partial charge in [-0.3, -0.25) is 23.4 Å². The molecular weight excluding hydrogens is 773 g/mol. The maximum atomic E-state index is 12.7. The average Bonchev–Trinajstić information content (AvgIpc) is 3.97. The first-order valence-corrected chi connectivity index (χ1v) is 24.3. The van der Waals surface area contributed by atoms with Gasteiger partial charge in [-0.15, -0.1) is 0 Å². The number of esters is 2. The van der Waals surface area contributed by atoms with E-state index in [2.05, 4.69) is 67.0 Å². The topological polar surface area (TPSA) is 184 Å². The standard InChI is InChI=1S/C46H80NO11P/c1-3-5-7-9-11-13-15-17-18-19-20-21-23-25-27-29-31-35-44(48)54-37-40(38-55-59(52,53)56-39-41(47)46(50)51)57-45(49)36-32-34-43-42(58-43)33-30-28-26-24-22-16-14-12-10-8-6-4-2/h12,14,17-18,22,24,28,30,40-43H,3-11,13,15-16,19-21,23,25-27,29,31-39,47H2,1-2H3,(H,50,51)(H,52,53)/b14-12-,18-17-,24-22-,30-28-/t40-,41+,42?,43?/m1/s1. The highest BCUT2D eigenvalue weighted by Gasteiger charge is 2.37. The highest BCUT2D eigenvalue weighted by Crippen LogP contribution is 2.43. The third-order valence-corrected chi connectivity index (χ3v) is 10.9. The first-order valence-electron chi connectivity index (χ1n) is 22.8. The number of aliphatic carboxylic acids is 1. The summed E-state index contributed by atoms with van der Waals surface area (Å²) in [5.41, 5.74) is 5.34. The van der Waals surface area contributed by atoms with E-state index in [1.54, 1.807) is 0 Å². The van der Waals surface area contributed by atoms with Gasteiger partial charge in [0.2, 0.25) is 0 Å². The van der Waals surface area contributed by atoms with Crippen LogP contribution in [0.5, 0.6) is 0 Å². The number of carbonyl (C=O) groups excluding carboxylic acids is 2. The molecule has 1 saturated heterocycles. The number of allylic oxidation sites excluding steroid dienone is 7. The van der Waals surface area contributed by atoms with E-state index in [9.17, 15) is 23.8 Å². The number of rotatable bonds is 41. The molecule has 1 rings (SSSR count). The molecule has 1 fully saturated rings. The van der Waals surface area contributed by atoms with Gasteiger partial charge < -0.3 is 29.9 Å². The van der Waals surface area contributed by atoms with Gasteiger partial charge in [0.25, 0.3) is 0 Å². The number of epoxide rings is 1. The number of unbranched alkanes of at least 4 members (excludes halogenated alkanes) is 16. The molecule has 13 heteroatoms. The van der Waals surface area contributed by atoms with Gasteiger partial charge in [0, 0.05) is 12.8 Å². The molecule has 0 aromatic carbocycles. The lowest BCUT2D eigenvalue weighted by atomic mass is 10.1. The van der Waals surface area contributed by atoms with Crippen molar-refractivity contribution in [2.75, 3.05) is 19.8 Å². The van der Waals surface area contributed by atoms with Crippen molar-refractivity contribution in [1.29, 1.82) is 0 Å². The van der Waals surface area contributed by atoms with Crippen LogP contribution in [0, 0.1) is 0 Å². The van der Waals surface area contributed by atoms with Gasteiger partial charge in [-0.25, -0.2) is 4.57 Å². The van der Waals surface area contributed by atoms with E-state index in [1.165, 1.54) is 83.5 Å². The Morgan fingerprint density at radius 1 is 0.627 bits per heavy atom. The molecule has 0 saturated carbocycles. The quantitative estimate of drug-likeness (QED) is 0.0174. The molecule has 0 radical (unpaired) electrons. The van der Waals surface area contributed by atoms with E-state index in [1.807, 2.05) is 0 Å². The number of carboxylic acids is 1. The van der Waals surface area contributed by atoms with Crippen molar-refractivity contribution in [3.8, 4) is 0 Å². The highest BCUT2D eigenvalue weighted by atomic mass is 31.2. The minimum Gasteiger partial charge on any atom is -0.480 e. The van der Waals surface area contributed by atoms with Gasteiger partial charge in [-0.05, 0) is 77.0 Å². The van der Waals surface area contributed by atoms with E-state index in [0.717, 1.165) is 51.4 Å². The summed E-state index contributed by atoms with van der Waals surface area (Å²) in [6.45, 7) is 2.69. The fourth-order valence-corrected chi connectivity index (χ4v) is 7.04. The van der Waals surface area contributed by atoms with E-state index in [-0.39, 0.29) is 31.7 Å². The van der Waals surface area contributed by atoms with Crippen LogP contribution in [0.1, 0.15) is 181 Å². The summed E-state index contributed by atoms with van der Waals surface area (Å²) < 4.78 is 38.5. The average molecular weight is 854 g/mol. The van der Waals surface area contributed by atoms with Crippen LogP contribution in [-0.2, 0) is 42.2 Å². The summed E-state index contributed by atoms with van der Waals surface area (Å²) in [4.78, 5) is 46.1. The van der Waals surface area contributed by atoms with Crippen molar-refractivity contribution < 1.29 is 52.2 Å². The SMILES string of the molecule is CCCCC/C=C\C/C=C\C/C=C\CC1OC1CCCC(=O)O[C@H](COC(=O)CCCCCCCCC/C=C\CCCCCCCC)COP(=O)(O)OC[C@H](N)C(=O)O. The molecular formula is C46H80NO11P. The third kappa shape index (κ3) is 34.8. The Kier molecular flexibility index (Phi) is 34.3. The van der Waals surface area contributed by atoms with E-state index >= 15 is 0 Å². The Morgan fingerprint density at radius 2 is 1.12 bits per heavy atom.